The van der Waals surface area contributed by atoms with Gasteiger partial charge in [0.2, 0.25) is 11.7 Å². The minimum absolute atomic E-state index is 0.187. The van der Waals surface area contributed by atoms with Gasteiger partial charge in [0, 0.05) is 12.1 Å². The smallest absolute Gasteiger partial charge is 0.329 e. The van der Waals surface area contributed by atoms with E-state index in [1.165, 1.54) is 19.3 Å². The zero-order valence-electron chi connectivity index (χ0n) is 18.7. The number of Topliss-reactive ketones (excluding diaryl/α,β-unsaturated/α-hetero) is 1. The summed E-state index contributed by atoms with van der Waals surface area (Å²) < 4.78 is 5.44. The molecule has 1 atom stereocenters. The highest BCUT2D eigenvalue weighted by Gasteiger charge is 2.57. The fourth-order valence-electron chi connectivity index (χ4n) is 7.37. The van der Waals surface area contributed by atoms with E-state index in [1.54, 1.807) is 11.0 Å². The van der Waals surface area contributed by atoms with Crippen molar-refractivity contribution < 1.29 is 19.1 Å². The molecule has 5 aliphatic rings. The molecule has 0 unspecified atom stereocenters. The van der Waals surface area contributed by atoms with Gasteiger partial charge in [0.1, 0.15) is 6.04 Å². The normalized spacial score (nSPS) is 33.5. The number of rotatable bonds is 5. The van der Waals surface area contributed by atoms with Crippen molar-refractivity contribution in [3.05, 3.63) is 34.9 Å². The van der Waals surface area contributed by atoms with Crippen LogP contribution in [0.5, 0.6) is 0 Å². The van der Waals surface area contributed by atoms with Gasteiger partial charge in [-0.3, -0.25) is 9.59 Å². The molecule has 1 heterocycles. The summed E-state index contributed by atoms with van der Waals surface area (Å²) in [5.41, 5.74) is 2.33. The van der Waals surface area contributed by atoms with Gasteiger partial charge >= 0.3 is 5.97 Å². The number of nitrogens with zero attached hydrogens (tertiary/aromatic N) is 1. The van der Waals surface area contributed by atoms with Crippen LogP contribution >= 0.6 is 0 Å². The molecule has 4 bridgehead atoms. The van der Waals surface area contributed by atoms with Crippen molar-refractivity contribution in [1.29, 1.82) is 0 Å². The molecule has 31 heavy (non-hydrogen) atoms. The van der Waals surface area contributed by atoms with Gasteiger partial charge in [0.15, 0.2) is 6.61 Å². The van der Waals surface area contributed by atoms with Gasteiger partial charge in [-0.2, -0.15) is 0 Å². The van der Waals surface area contributed by atoms with E-state index in [4.69, 9.17) is 4.74 Å². The van der Waals surface area contributed by atoms with Crippen molar-refractivity contribution >= 4 is 17.7 Å². The number of hydrogen-bond donors (Lipinski definition) is 0. The van der Waals surface area contributed by atoms with Crippen LogP contribution < -0.4 is 0 Å². The van der Waals surface area contributed by atoms with Crippen LogP contribution in [0.1, 0.15) is 72.9 Å². The molecule has 5 fully saturated rings. The maximum absolute atomic E-state index is 13.7. The lowest BCUT2D eigenvalue weighted by Crippen LogP contribution is -2.56. The summed E-state index contributed by atoms with van der Waals surface area (Å²) in [4.78, 5) is 41.0. The molecule has 0 aromatic heterocycles. The molecule has 166 valence electrons. The molecular weight excluding hydrogens is 390 g/mol. The first-order valence-corrected chi connectivity index (χ1v) is 11.9. The number of ether oxygens (including phenoxy) is 1. The first-order chi connectivity index (χ1) is 14.8. The van der Waals surface area contributed by atoms with E-state index >= 15 is 0 Å². The maximum atomic E-state index is 13.7. The third-order valence-corrected chi connectivity index (χ3v) is 8.31. The van der Waals surface area contributed by atoms with Crippen molar-refractivity contribution in [2.75, 3.05) is 13.2 Å². The van der Waals surface area contributed by atoms with Crippen LogP contribution in [-0.4, -0.2) is 41.8 Å². The lowest BCUT2D eigenvalue weighted by molar-refractivity contribution is -0.165. The fourth-order valence-corrected chi connectivity index (χ4v) is 7.37. The second-order valence-corrected chi connectivity index (χ2v) is 10.7. The number of benzene rings is 1. The van der Waals surface area contributed by atoms with Crippen LogP contribution in [0, 0.1) is 37.0 Å². The minimum atomic E-state index is -0.535. The second kappa shape index (κ2) is 7.75. The Morgan fingerprint density at radius 2 is 1.68 bits per heavy atom. The van der Waals surface area contributed by atoms with E-state index in [2.05, 4.69) is 0 Å². The lowest BCUT2D eigenvalue weighted by atomic mass is 9.49. The van der Waals surface area contributed by atoms with Gasteiger partial charge in [-0.1, -0.05) is 23.8 Å². The van der Waals surface area contributed by atoms with E-state index in [1.807, 2.05) is 26.0 Å². The van der Waals surface area contributed by atoms with Crippen LogP contribution in [0.2, 0.25) is 0 Å². The van der Waals surface area contributed by atoms with E-state index in [-0.39, 0.29) is 23.7 Å². The third-order valence-electron chi connectivity index (χ3n) is 8.31. The number of likely N-dealkylation sites (tertiary alicyclic amines) is 1. The quantitative estimate of drug-likeness (QED) is 0.525. The molecule has 0 radical (unpaired) electrons. The number of esters is 1. The van der Waals surface area contributed by atoms with Crippen molar-refractivity contribution in [3.8, 4) is 0 Å². The van der Waals surface area contributed by atoms with Crippen molar-refractivity contribution in [2.45, 2.75) is 71.3 Å². The zero-order valence-corrected chi connectivity index (χ0v) is 18.7. The number of carbonyl (C=O) groups is 3. The highest BCUT2D eigenvalue weighted by Crippen LogP contribution is 2.60. The largest absolute Gasteiger partial charge is 0.456 e. The Morgan fingerprint density at radius 1 is 1.03 bits per heavy atom. The predicted octanol–water partition coefficient (Wildman–Crippen LogP) is 4.24. The van der Waals surface area contributed by atoms with Crippen LogP contribution in [-0.2, 0) is 14.3 Å². The predicted molar refractivity (Wildman–Crippen MR) is 117 cm³/mol. The molecule has 1 aliphatic heterocycles. The number of amides is 1. The highest BCUT2D eigenvalue weighted by atomic mass is 16.5. The second-order valence-electron chi connectivity index (χ2n) is 10.7. The van der Waals surface area contributed by atoms with E-state index in [0.29, 0.717) is 36.3 Å². The van der Waals surface area contributed by atoms with Crippen molar-refractivity contribution in [1.82, 2.24) is 4.90 Å². The number of aryl methyl sites for hydroxylation is 2. The van der Waals surface area contributed by atoms with Gasteiger partial charge in [-0.25, -0.2) is 4.79 Å². The molecule has 5 heteroatoms. The van der Waals surface area contributed by atoms with Gasteiger partial charge in [-0.15, -0.1) is 0 Å². The Balaban J connectivity index is 1.24. The summed E-state index contributed by atoms with van der Waals surface area (Å²) in [6.07, 6.45) is 8.33. The van der Waals surface area contributed by atoms with E-state index in [9.17, 15) is 14.4 Å². The number of ketones is 1. The summed E-state index contributed by atoms with van der Waals surface area (Å²) in [5.74, 6) is 1.65. The van der Waals surface area contributed by atoms with Crippen molar-refractivity contribution in [3.63, 3.8) is 0 Å². The molecule has 1 saturated heterocycles. The average molecular weight is 424 g/mol. The molecule has 1 amide bonds. The topological polar surface area (TPSA) is 63.7 Å². The summed E-state index contributed by atoms with van der Waals surface area (Å²) in [6.45, 7) is 4.24. The molecule has 0 spiro atoms. The first-order valence-electron chi connectivity index (χ1n) is 11.9. The Hall–Kier alpha value is -2.17. The van der Waals surface area contributed by atoms with Crippen LogP contribution in [0.25, 0.3) is 0 Å². The summed E-state index contributed by atoms with van der Waals surface area (Å²) in [6, 6.07) is 5.11. The number of carbonyl (C=O) groups excluding carboxylic acids is 3. The van der Waals surface area contributed by atoms with Gasteiger partial charge in [0.05, 0.1) is 5.41 Å². The van der Waals surface area contributed by atoms with Crippen LogP contribution in [0.3, 0.4) is 0 Å². The van der Waals surface area contributed by atoms with E-state index < -0.39 is 12.0 Å². The molecular formula is C26H33NO4. The summed E-state index contributed by atoms with van der Waals surface area (Å²) in [7, 11) is 0. The molecule has 4 aliphatic carbocycles. The Kier molecular flexibility index (Phi) is 5.18. The zero-order chi connectivity index (χ0) is 21.8. The summed E-state index contributed by atoms with van der Waals surface area (Å²) in [5, 5.41) is 0. The number of hydrogen-bond acceptors (Lipinski definition) is 4. The Labute approximate surface area is 184 Å². The Morgan fingerprint density at radius 3 is 2.29 bits per heavy atom. The SMILES string of the molecule is Cc1ccc(C(=O)COC(=O)[C@H]2CCCN2C(=O)C23CC4CC(CC(C4)C2)C3)c(C)c1. The molecule has 1 aromatic carbocycles. The van der Waals surface area contributed by atoms with Gasteiger partial charge < -0.3 is 9.64 Å². The standard InChI is InChI=1S/C26H33NO4/c1-16-5-6-21(17(2)8-16)23(28)15-31-24(29)22-4-3-7-27(22)25(30)26-12-18-9-19(13-26)11-20(10-18)14-26/h5-6,8,18-20,22H,3-4,7,9-15H2,1-2H3/t18?,19?,20?,22-,26?/m1/s1. The fraction of sp³-hybridized carbons (Fsp3) is 0.654. The minimum Gasteiger partial charge on any atom is -0.456 e. The monoisotopic (exact) mass is 423 g/mol. The van der Waals surface area contributed by atoms with Crippen LogP contribution in [0.4, 0.5) is 0 Å². The van der Waals surface area contributed by atoms with Gasteiger partial charge in [0.25, 0.3) is 0 Å². The third kappa shape index (κ3) is 3.70. The molecule has 0 N–H and O–H groups in total. The molecule has 4 saturated carbocycles. The van der Waals surface area contributed by atoms with Crippen molar-refractivity contribution in [2.24, 2.45) is 23.2 Å². The maximum Gasteiger partial charge on any atom is 0.329 e. The Bertz CT molecular complexity index is 885. The average Bonchev–Trinajstić information content (AvgIpc) is 3.20. The lowest BCUT2D eigenvalue weighted by Gasteiger charge is -2.56. The molecule has 6 rings (SSSR count). The molecule has 5 nitrogen and oxygen atoms in total. The molecule has 1 aromatic rings. The van der Waals surface area contributed by atoms with Crippen LogP contribution in [0.15, 0.2) is 18.2 Å². The summed E-state index contributed by atoms with van der Waals surface area (Å²) >= 11 is 0. The van der Waals surface area contributed by atoms with Gasteiger partial charge in [-0.05, 0) is 88.5 Å². The first kappa shape index (κ1) is 20.7. The highest BCUT2D eigenvalue weighted by molar-refractivity contribution is 5.99. The van der Waals surface area contributed by atoms with E-state index in [0.717, 1.165) is 36.8 Å².